The molecule has 17 heavy (non-hydrogen) atoms. The molecule has 1 unspecified atom stereocenters. The van der Waals surface area contributed by atoms with Crippen molar-refractivity contribution >= 4 is 29.0 Å². The quantitative estimate of drug-likeness (QED) is 0.562. The van der Waals surface area contributed by atoms with Crippen LogP contribution in [-0.2, 0) is 0 Å². The lowest BCUT2D eigenvalue weighted by Gasteiger charge is -2.26. The van der Waals surface area contributed by atoms with E-state index in [2.05, 4.69) is 0 Å². The Labute approximate surface area is 113 Å². The number of benzene rings is 1. The standard InChI is InChI=1S/C13H17Cl2NO/c1-11(16(9-7-14)10-8-15)13(17)12-5-3-2-4-6-12/h2-6,11H,7-10H2,1H3. The summed E-state index contributed by atoms with van der Waals surface area (Å²) in [6.45, 7) is 3.25. The third-order valence-corrected chi connectivity index (χ3v) is 3.07. The van der Waals surface area contributed by atoms with Gasteiger partial charge in [0, 0.05) is 30.4 Å². The largest absolute Gasteiger partial charge is 0.292 e. The highest BCUT2D eigenvalue weighted by molar-refractivity contribution is 6.18. The number of hydrogen-bond acceptors (Lipinski definition) is 2. The molecule has 0 aliphatic heterocycles. The van der Waals surface area contributed by atoms with Crippen molar-refractivity contribution in [3.8, 4) is 0 Å². The van der Waals surface area contributed by atoms with Gasteiger partial charge in [-0.05, 0) is 6.92 Å². The van der Waals surface area contributed by atoms with Crippen molar-refractivity contribution in [1.29, 1.82) is 0 Å². The second-order valence-electron chi connectivity index (χ2n) is 3.82. The number of hydrogen-bond donors (Lipinski definition) is 0. The van der Waals surface area contributed by atoms with Gasteiger partial charge in [-0.25, -0.2) is 0 Å². The molecule has 0 amide bonds. The predicted octanol–water partition coefficient (Wildman–Crippen LogP) is 3.04. The predicted molar refractivity (Wildman–Crippen MR) is 73.2 cm³/mol. The fraction of sp³-hybridized carbons (Fsp3) is 0.462. The van der Waals surface area contributed by atoms with Crippen LogP contribution in [0.3, 0.4) is 0 Å². The van der Waals surface area contributed by atoms with Crippen LogP contribution in [0.15, 0.2) is 30.3 Å². The smallest absolute Gasteiger partial charge is 0.179 e. The molecule has 0 heterocycles. The van der Waals surface area contributed by atoms with Crippen LogP contribution in [0.25, 0.3) is 0 Å². The summed E-state index contributed by atoms with van der Waals surface area (Å²) < 4.78 is 0. The van der Waals surface area contributed by atoms with Crippen molar-refractivity contribution in [2.45, 2.75) is 13.0 Å². The van der Waals surface area contributed by atoms with Crippen LogP contribution < -0.4 is 0 Å². The molecule has 1 rings (SSSR count). The molecule has 1 aromatic carbocycles. The summed E-state index contributed by atoms with van der Waals surface area (Å²) in [6, 6.07) is 9.11. The molecule has 2 nitrogen and oxygen atoms in total. The average molecular weight is 274 g/mol. The van der Waals surface area contributed by atoms with Crippen molar-refractivity contribution in [3.05, 3.63) is 35.9 Å². The molecule has 0 saturated heterocycles. The van der Waals surface area contributed by atoms with Crippen LogP contribution in [0.5, 0.6) is 0 Å². The van der Waals surface area contributed by atoms with Crippen LogP contribution in [0, 0.1) is 0 Å². The van der Waals surface area contributed by atoms with Crippen LogP contribution in [0.4, 0.5) is 0 Å². The van der Waals surface area contributed by atoms with Gasteiger partial charge in [-0.1, -0.05) is 30.3 Å². The highest BCUT2D eigenvalue weighted by Crippen LogP contribution is 2.09. The van der Waals surface area contributed by atoms with Crippen molar-refractivity contribution in [2.24, 2.45) is 0 Å². The Morgan fingerprint density at radius 2 is 1.71 bits per heavy atom. The van der Waals surface area contributed by atoms with Gasteiger partial charge in [-0.15, -0.1) is 23.2 Å². The molecule has 94 valence electrons. The monoisotopic (exact) mass is 273 g/mol. The van der Waals surface area contributed by atoms with Gasteiger partial charge < -0.3 is 0 Å². The topological polar surface area (TPSA) is 20.3 Å². The Kier molecular flexibility index (Phi) is 6.56. The molecular formula is C13H17Cl2NO. The summed E-state index contributed by atoms with van der Waals surface area (Å²) >= 11 is 11.5. The maximum Gasteiger partial charge on any atom is 0.179 e. The Balaban J connectivity index is 2.73. The number of alkyl halides is 2. The van der Waals surface area contributed by atoms with Gasteiger partial charge in [0.2, 0.25) is 0 Å². The zero-order valence-electron chi connectivity index (χ0n) is 9.90. The first-order chi connectivity index (χ1) is 8.20. The first kappa shape index (κ1) is 14.5. The first-order valence-electron chi connectivity index (χ1n) is 5.66. The maximum atomic E-state index is 12.2. The Hall–Kier alpha value is -0.570. The lowest BCUT2D eigenvalue weighted by Crippen LogP contribution is -2.41. The highest BCUT2D eigenvalue weighted by atomic mass is 35.5. The second-order valence-corrected chi connectivity index (χ2v) is 4.58. The lowest BCUT2D eigenvalue weighted by molar-refractivity contribution is 0.0853. The van der Waals surface area contributed by atoms with Crippen molar-refractivity contribution in [1.82, 2.24) is 4.90 Å². The molecule has 0 aromatic heterocycles. The van der Waals surface area contributed by atoms with Gasteiger partial charge in [0.05, 0.1) is 6.04 Å². The number of carbonyl (C=O) groups excluding carboxylic acids is 1. The Morgan fingerprint density at radius 3 is 2.18 bits per heavy atom. The number of rotatable bonds is 7. The second kappa shape index (κ2) is 7.70. The van der Waals surface area contributed by atoms with E-state index >= 15 is 0 Å². The minimum absolute atomic E-state index is 0.112. The molecule has 4 heteroatoms. The van der Waals surface area contributed by atoms with Gasteiger partial charge in [-0.3, -0.25) is 9.69 Å². The molecule has 0 aliphatic carbocycles. The maximum absolute atomic E-state index is 12.2. The Morgan fingerprint density at radius 1 is 1.18 bits per heavy atom. The van der Waals surface area contributed by atoms with Gasteiger partial charge in [0.1, 0.15) is 0 Å². The number of ketones is 1. The van der Waals surface area contributed by atoms with Crippen molar-refractivity contribution in [2.75, 3.05) is 24.8 Å². The molecule has 0 bridgehead atoms. The number of Topliss-reactive ketones (excluding diaryl/α,β-unsaturated/α-hetero) is 1. The highest BCUT2D eigenvalue weighted by Gasteiger charge is 2.21. The molecule has 0 fully saturated rings. The van der Waals surface area contributed by atoms with Gasteiger partial charge in [0.25, 0.3) is 0 Å². The number of carbonyl (C=O) groups is 1. The van der Waals surface area contributed by atoms with Crippen LogP contribution >= 0.6 is 23.2 Å². The lowest BCUT2D eigenvalue weighted by atomic mass is 10.0. The van der Waals surface area contributed by atoms with Crippen molar-refractivity contribution < 1.29 is 4.79 Å². The minimum Gasteiger partial charge on any atom is -0.292 e. The summed E-state index contributed by atoms with van der Waals surface area (Å²) in [7, 11) is 0. The summed E-state index contributed by atoms with van der Waals surface area (Å²) in [5.41, 5.74) is 0.731. The molecule has 0 saturated carbocycles. The zero-order chi connectivity index (χ0) is 12.7. The fourth-order valence-electron chi connectivity index (χ4n) is 1.73. The summed E-state index contributed by atoms with van der Waals surface area (Å²) in [4.78, 5) is 14.2. The normalized spacial score (nSPS) is 12.7. The minimum atomic E-state index is -0.185. The van der Waals surface area contributed by atoms with Crippen LogP contribution in [0.1, 0.15) is 17.3 Å². The van der Waals surface area contributed by atoms with E-state index in [9.17, 15) is 4.79 Å². The SMILES string of the molecule is CC(C(=O)c1ccccc1)N(CCCl)CCCl. The van der Waals surface area contributed by atoms with E-state index in [1.165, 1.54) is 0 Å². The number of halogens is 2. The third kappa shape index (κ3) is 4.30. The molecule has 1 atom stereocenters. The van der Waals surface area contributed by atoms with Gasteiger partial charge >= 0.3 is 0 Å². The summed E-state index contributed by atoms with van der Waals surface area (Å²) in [5.74, 6) is 1.12. The van der Waals surface area contributed by atoms with E-state index in [0.717, 1.165) is 5.56 Å². The summed E-state index contributed by atoms with van der Waals surface area (Å²) in [6.07, 6.45) is 0. The van der Waals surface area contributed by atoms with E-state index in [4.69, 9.17) is 23.2 Å². The fourth-order valence-corrected chi connectivity index (χ4v) is 2.16. The van der Waals surface area contributed by atoms with E-state index in [-0.39, 0.29) is 11.8 Å². The molecular weight excluding hydrogens is 257 g/mol. The van der Waals surface area contributed by atoms with E-state index in [1.807, 2.05) is 42.2 Å². The van der Waals surface area contributed by atoms with E-state index < -0.39 is 0 Å². The van der Waals surface area contributed by atoms with Crippen LogP contribution in [-0.4, -0.2) is 41.6 Å². The molecule has 1 aromatic rings. The van der Waals surface area contributed by atoms with Gasteiger partial charge in [0.15, 0.2) is 5.78 Å². The Bertz CT molecular complexity index is 337. The van der Waals surface area contributed by atoms with E-state index in [1.54, 1.807) is 0 Å². The number of nitrogens with zero attached hydrogens (tertiary/aromatic N) is 1. The summed E-state index contributed by atoms with van der Waals surface area (Å²) in [5, 5.41) is 0. The molecule has 0 aliphatic rings. The first-order valence-corrected chi connectivity index (χ1v) is 6.73. The molecule has 0 radical (unpaired) electrons. The van der Waals surface area contributed by atoms with Gasteiger partial charge in [-0.2, -0.15) is 0 Å². The average Bonchev–Trinajstić information content (AvgIpc) is 2.38. The van der Waals surface area contributed by atoms with Crippen molar-refractivity contribution in [3.63, 3.8) is 0 Å². The third-order valence-electron chi connectivity index (χ3n) is 2.73. The molecule has 0 N–H and O–H groups in total. The molecule has 0 spiro atoms. The zero-order valence-corrected chi connectivity index (χ0v) is 11.4. The van der Waals surface area contributed by atoms with E-state index in [0.29, 0.717) is 24.8 Å². The van der Waals surface area contributed by atoms with Crippen LogP contribution in [0.2, 0.25) is 0 Å².